The maximum absolute atomic E-state index is 11.9. The van der Waals surface area contributed by atoms with Gasteiger partial charge in [-0.05, 0) is 23.7 Å². The fraction of sp³-hybridized carbons (Fsp3) is 0.368. The maximum atomic E-state index is 11.9. The van der Waals surface area contributed by atoms with Gasteiger partial charge in [-0.1, -0.05) is 12.1 Å². The largest absolute Gasteiger partial charge is 0.496 e. The highest BCUT2D eigenvalue weighted by atomic mass is 35.5. The first-order chi connectivity index (χ1) is 17.9. The molecule has 19 heteroatoms. The van der Waals surface area contributed by atoms with Crippen molar-refractivity contribution in [2.45, 2.75) is 24.5 Å². The molecule has 3 heterocycles. The molecule has 206 valence electrons. The minimum atomic E-state index is -4.85. The van der Waals surface area contributed by atoms with Crippen LogP contribution in [0, 0.1) is 0 Å². The average molecular weight is 593 g/mol. The van der Waals surface area contributed by atoms with Crippen molar-refractivity contribution in [3.8, 4) is 5.75 Å². The van der Waals surface area contributed by atoms with Gasteiger partial charge in [0, 0.05) is 5.56 Å². The average Bonchev–Trinajstić information content (AvgIpc) is 3.37. The Kier molecular flexibility index (Phi) is 8.49. The van der Waals surface area contributed by atoms with Crippen molar-refractivity contribution in [2.24, 2.45) is 5.10 Å². The van der Waals surface area contributed by atoms with Gasteiger partial charge in [-0.25, -0.2) is 4.68 Å². The second kappa shape index (κ2) is 11.3. The molecule has 1 aliphatic heterocycles. The Morgan fingerprint density at radius 1 is 1.21 bits per heavy atom. The van der Waals surface area contributed by atoms with Crippen LogP contribution in [0.25, 0.3) is 11.0 Å². The molecule has 16 nitrogen and oxygen atoms in total. The van der Waals surface area contributed by atoms with Crippen LogP contribution in [0.3, 0.4) is 0 Å². The minimum absolute atomic E-state index is 0.104. The van der Waals surface area contributed by atoms with E-state index in [0.29, 0.717) is 16.7 Å². The fourth-order valence-corrected chi connectivity index (χ4v) is 6.37. The van der Waals surface area contributed by atoms with Gasteiger partial charge in [-0.3, -0.25) is 14.6 Å². The minimum Gasteiger partial charge on any atom is -0.496 e. The summed E-state index contributed by atoms with van der Waals surface area (Å²) in [5.74, 6) is -0.645. The van der Waals surface area contributed by atoms with E-state index >= 15 is 0 Å². The van der Waals surface area contributed by atoms with Gasteiger partial charge in [0.15, 0.2) is 23.6 Å². The standard InChI is InChI=1S/C19H23ClN6O10P2/c1-34-12-5-3-2-4-10(12)6-21-25-16-11-7-22-26(17(11)24-19(20)23-16)18-15(28)14(27)13(36-18)8-35-38(32,33)9-37(29,30)31/h2-7,13-15,18,27-28H,8-9H2,1H3,(H,32,33)(H,23,24,25)(H2,29,30,31)/b21-6+/t13-,14-,15-,18-/m1/s1. The lowest BCUT2D eigenvalue weighted by atomic mass is 10.1. The first-order valence-corrected chi connectivity index (χ1v) is 14.7. The third-order valence-corrected chi connectivity index (χ3v) is 8.95. The highest BCUT2D eigenvalue weighted by molar-refractivity contribution is 7.70. The van der Waals surface area contributed by atoms with Gasteiger partial charge in [0.05, 0.1) is 31.5 Å². The predicted molar refractivity (Wildman–Crippen MR) is 133 cm³/mol. The Labute approximate surface area is 219 Å². The van der Waals surface area contributed by atoms with Crippen LogP contribution in [0.5, 0.6) is 5.75 Å². The molecule has 0 bridgehead atoms. The van der Waals surface area contributed by atoms with E-state index in [1.54, 1.807) is 12.1 Å². The summed E-state index contributed by atoms with van der Waals surface area (Å²) in [5.41, 5.74) is 3.54. The Hall–Kier alpha value is -2.49. The molecule has 3 aromatic rings. The summed E-state index contributed by atoms with van der Waals surface area (Å²) in [7, 11) is -8.03. The lowest BCUT2D eigenvalue weighted by Crippen LogP contribution is -2.33. The Morgan fingerprint density at radius 3 is 2.66 bits per heavy atom. The maximum Gasteiger partial charge on any atom is 0.340 e. The smallest absolute Gasteiger partial charge is 0.340 e. The zero-order valence-corrected chi connectivity index (χ0v) is 22.0. The van der Waals surface area contributed by atoms with E-state index in [9.17, 15) is 24.2 Å². The number of para-hydroxylation sites is 1. The molecule has 1 unspecified atom stereocenters. The summed E-state index contributed by atoms with van der Waals surface area (Å²) in [6, 6.07) is 7.17. The molecule has 0 saturated carbocycles. The number of rotatable bonds is 10. The molecule has 2 aromatic heterocycles. The van der Waals surface area contributed by atoms with Crippen LogP contribution in [0.2, 0.25) is 5.28 Å². The number of hydrazone groups is 1. The van der Waals surface area contributed by atoms with Crippen molar-refractivity contribution in [3.63, 3.8) is 0 Å². The number of nitrogens with zero attached hydrogens (tertiary/aromatic N) is 5. The lowest BCUT2D eigenvalue weighted by Gasteiger charge is -2.18. The van der Waals surface area contributed by atoms with Crippen LogP contribution in [0.4, 0.5) is 5.82 Å². The summed E-state index contributed by atoms with van der Waals surface area (Å²) in [4.78, 5) is 35.7. The van der Waals surface area contributed by atoms with E-state index in [-0.39, 0.29) is 16.7 Å². The van der Waals surface area contributed by atoms with Gasteiger partial charge >= 0.3 is 15.2 Å². The fourth-order valence-electron chi connectivity index (χ4n) is 3.64. The molecule has 4 rings (SSSR count). The zero-order valence-electron chi connectivity index (χ0n) is 19.5. The Bertz CT molecular complexity index is 1430. The van der Waals surface area contributed by atoms with Gasteiger partial charge in [0.1, 0.15) is 24.1 Å². The predicted octanol–water partition coefficient (Wildman–Crippen LogP) is 0.891. The van der Waals surface area contributed by atoms with Crippen molar-refractivity contribution < 1.29 is 48.0 Å². The molecule has 0 spiro atoms. The third kappa shape index (κ3) is 6.55. The molecule has 1 aromatic carbocycles. The monoisotopic (exact) mass is 592 g/mol. The van der Waals surface area contributed by atoms with Gasteiger partial charge < -0.3 is 38.9 Å². The molecule has 38 heavy (non-hydrogen) atoms. The lowest BCUT2D eigenvalue weighted by molar-refractivity contribution is -0.0541. The first kappa shape index (κ1) is 28.5. The van der Waals surface area contributed by atoms with E-state index < -0.39 is 52.2 Å². The normalized spacial score (nSPS) is 23.7. The number of hydrogen-bond acceptors (Lipinski definition) is 12. The van der Waals surface area contributed by atoms with Gasteiger partial charge in [0.25, 0.3) is 0 Å². The van der Waals surface area contributed by atoms with Crippen molar-refractivity contribution in [2.75, 3.05) is 25.0 Å². The number of hydrogen-bond donors (Lipinski definition) is 6. The Balaban J connectivity index is 1.53. The molecular formula is C19H23ClN6O10P2. The summed E-state index contributed by atoms with van der Waals surface area (Å²) in [6.45, 7) is -0.748. The highest BCUT2D eigenvalue weighted by Crippen LogP contribution is 2.55. The van der Waals surface area contributed by atoms with E-state index in [1.165, 1.54) is 19.5 Å². The number of aliphatic hydroxyl groups excluding tert-OH is 2. The van der Waals surface area contributed by atoms with Crippen LogP contribution in [-0.4, -0.2) is 88.8 Å². The van der Waals surface area contributed by atoms with Crippen LogP contribution in [0.15, 0.2) is 35.6 Å². The number of methoxy groups -OCH3 is 1. The number of anilines is 1. The molecule has 0 radical (unpaired) electrons. The number of halogens is 1. The number of fused-ring (bicyclic) bond motifs is 1. The summed E-state index contributed by atoms with van der Waals surface area (Å²) >= 11 is 6.08. The van der Waals surface area contributed by atoms with E-state index in [1.807, 2.05) is 12.1 Å². The van der Waals surface area contributed by atoms with Crippen molar-refractivity contribution in [3.05, 3.63) is 41.3 Å². The SMILES string of the molecule is COc1ccccc1/C=N/Nc1nc(Cl)nc2c1cnn2[C@@H]1O[C@H](COP(=O)(O)CP(=O)(O)O)[C@@H](O)[C@H]1O. The third-order valence-electron chi connectivity index (χ3n) is 5.32. The van der Waals surface area contributed by atoms with E-state index in [4.69, 9.17) is 35.4 Å². The molecule has 1 aliphatic rings. The highest BCUT2D eigenvalue weighted by Gasteiger charge is 2.46. The van der Waals surface area contributed by atoms with Crippen LogP contribution < -0.4 is 10.2 Å². The number of ether oxygens (including phenoxy) is 2. The van der Waals surface area contributed by atoms with Crippen molar-refractivity contribution in [1.82, 2.24) is 19.7 Å². The van der Waals surface area contributed by atoms with Gasteiger partial charge in [0.2, 0.25) is 5.28 Å². The van der Waals surface area contributed by atoms with Crippen LogP contribution in [-0.2, 0) is 18.4 Å². The number of benzene rings is 1. The van der Waals surface area contributed by atoms with Crippen molar-refractivity contribution >= 4 is 49.9 Å². The number of nitrogens with one attached hydrogen (secondary N) is 1. The van der Waals surface area contributed by atoms with Gasteiger partial charge in [-0.15, -0.1) is 0 Å². The summed E-state index contributed by atoms with van der Waals surface area (Å²) in [6.07, 6.45) is -3.00. The van der Waals surface area contributed by atoms with Gasteiger partial charge in [-0.2, -0.15) is 20.2 Å². The molecule has 1 saturated heterocycles. The number of aliphatic hydroxyl groups is 2. The van der Waals surface area contributed by atoms with E-state index in [0.717, 1.165) is 4.68 Å². The molecule has 1 fully saturated rings. The first-order valence-electron chi connectivity index (χ1n) is 10.7. The topological polar surface area (TPSA) is 231 Å². The summed E-state index contributed by atoms with van der Waals surface area (Å²) in [5, 5.41) is 29.4. The molecule has 0 amide bonds. The van der Waals surface area contributed by atoms with Crippen molar-refractivity contribution in [1.29, 1.82) is 0 Å². The quantitative estimate of drug-likeness (QED) is 0.0831. The summed E-state index contributed by atoms with van der Waals surface area (Å²) < 4.78 is 39.6. The second-order valence-corrected chi connectivity index (χ2v) is 12.4. The molecule has 6 N–H and O–H groups in total. The molecular weight excluding hydrogens is 570 g/mol. The Morgan fingerprint density at radius 2 is 1.95 bits per heavy atom. The zero-order chi connectivity index (χ0) is 27.7. The van der Waals surface area contributed by atoms with Crippen LogP contribution in [0.1, 0.15) is 11.8 Å². The second-order valence-electron chi connectivity index (χ2n) is 8.07. The van der Waals surface area contributed by atoms with Crippen LogP contribution >= 0.6 is 26.8 Å². The molecule has 0 aliphatic carbocycles. The number of aromatic nitrogens is 4. The molecule has 5 atom stereocenters. The van der Waals surface area contributed by atoms with E-state index in [2.05, 4.69) is 25.6 Å².